The molecule has 0 saturated carbocycles. The fraction of sp³-hybridized carbons (Fsp3) is 0. The molecule has 0 aliphatic rings. The number of nitrogens with zero attached hydrogens (tertiary/aromatic N) is 4. The standard InChI is InChI=1S/C24H14N4S2/c1-3-7-17-15(5-1)9-25-11-19(17)21-14-29-24(28-21)23-27-13-22(30-23)20-12-26-10-16-6-2-4-8-18(16)20/h1-14H. The van der Waals surface area contributed by atoms with Gasteiger partial charge in [0.05, 0.1) is 10.6 Å². The van der Waals surface area contributed by atoms with Crippen molar-refractivity contribution < 1.29 is 0 Å². The van der Waals surface area contributed by atoms with E-state index in [-0.39, 0.29) is 0 Å². The largest absolute Gasteiger partial charge is 0.263 e. The smallest absolute Gasteiger partial charge is 0.152 e. The Hall–Kier alpha value is -3.48. The number of hydrogen-bond donors (Lipinski definition) is 0. The molecule has 0 amide bonds. The summed E-state index contributed by atoms with van der Waals surface area (Å²) >= 11 is 3.26. The fourth-order valence-corrected chi connectivity index (χ4v) is 5.43. The maximum absolute atomic E-state index is 4.88. The fourth-order valence-electron chi connectivity index (χ4n) is 3.63. The molecule has 30 heavy (non-hydrogen) atoms. The molecule has 0 fully saturated rings. The van der Waals surface area contributed by atoms with E-state index in [9.17, 15) is 0 Å². The molecule has 0 saturated heterocycles. The molecule has 0 radical (unpaired) electrons. The molecule has 0 aliphatic heterocycles. The molecule has 142 valence electrons. The van der Waals surface area contributed by atoms with Crippen LogP contribution in [0.2, 0.25) is 0 Å². The summed E-state index contributed by atoms with van der Waals surface area (Å²) in [4.78, 5) is 19.4. The van der Waals surface area contributed by atoms with Gasteiger partial charge in [0.1, 0.15) is 0 Å². The molecule has 0 spiro atoms. The first kappa shape index (κ1) is 17.4. The molecular formula is C24H14N4S2. The summed E-state index contributed by atoms with van der Waals surface area (Å²) in [6, 6.07) is 16.6. The van der Waals surface area contributed by atoms with Crippen molar-refractivity contribution >= 4 is 44.2 Å². The Morgan fingerprint density at radius 1 is 0.633 bits per heavy atom. The van der Waals surface area contributed by atoms with Crippen molar-refractivity contribution in [3.05, 3.63) is 84.9 Å². The van der Waals surface area contributed by atoms with Gasteiger partial charge in [0.25, 0.3) is 0 Å². The molecular weight excluding hydrogens is 408 g/mol. The third kappa shape index (κ3) is 2.89. The zero-order chi connectivity index (χ0) is 19.9. The van der Waals surface area contributed by atoms with E-state index in [1.54, 1.807) is 22.7 Å². The zero-order valence-corrected chi connectivity index (χ0v) is 17.3. The van der Waals surface area contributed by atoms with Gasteiger partial charge in [-0.25, -0.2) is 9.97 Å². The normalized spacial score (nSPS) is 11.3. The number of thiazole rings is 2. The maximum atomic E-state index is 4.88. The number of aromatic nitrogens is 4. The van der Waals surface area contributed by atoms with Crippen LogP contribution in [0.25, 0.3) is 53.3 Å². The van der Waals surface area contributed by atoms with Gasteiger partial charge in [0.15, 0.2) is 10.0 Å². The van der Waals surface area contributed by atoms with E-state index < -0.39 is 0 Å². The van der Waals surface area contributed by atoms with Crippen LogP contribution >= 0.6 is 22.7 Å². The van der Waals surface area contributed by atoms with Crippen molar-refractivity contribution in [3.63, 3.8) is 0 Å². The molecule has 0 bridgehead atoms. The highest BCUT2D eigenvalue weighted by molar-refractivity contribution is 7.22. The average molecular weight is 423 g/mol. The van der Waals surface area contributed by atoms with Gasteiger partial charge in [-0.05, 0) is 10.8 Å². The summed E-state index contributed by atoms with van der Waals surface area (Å²) < 4.78 is 0. The van der Waals surface area contributed by atoms with Gasteiger partial charge in [0, 0.05) is 58.3 Å². The van der Waals surface area contributed by atoms with Gasteiger partial charge in [-0.1, -0.05) is 48.5 Å². The second-order valence-corrected chi connectivity index (χ2v) is 8.77. The highest BCUT2D eigenvalue weighted by atomic mass is 32.1. The van der Waals surface area contributed by atoms with Crippen molar-refractivity contribution in [3.8, 4) is 31.7 Å². The minimum Gasteiger partial charge on any atom is -0.263 e. The van der Waals surface area contributed by atoms with Gasteiger partial charge in [-0.2, -0.15) is 0 Å². The number of pyridine rings is 2. The van der Waals surface area contributed by atoms with E-state index in [2.05, 4.69) is 50.7 Å². The third-order valence-corrected chi connectivity index (χ3v) is 7.09. The van der Waals surface area contributed by atoms with Crippen LogP contribution in [0.5, 0.6) is 0 Å². The van der Waals surface area contributed by atoms with Crippen molar-refractivity contribution in [1.82, 2.24) is 19.9 Å². The van der Waals surface area contributed by atoms with Gasteiger partial charge in [0.2, 0.25) is 0 Å². The Kier molecular flexibility index (Phi) is 4.11. The second-order valence-electron chi connectivity index (χ2n) is 6.88. The molecule has 0 unspecified atom stereocenters. The Bertz CT molecular complexity index is 1390. The van der Waals surface area contributed by atoms with Crippen LogP contribution in [0.1, 0.15) is 0 Å². The number of hydrogen-bond acceptors (Lipinski definition) is 6. The minimum absolute atomic E-state index is 0.919. The van der Waals surface area contributed by atoms with Gasteiger partial charge in [-0.3, -0.25) is 9.97 Å². The summed E-state index contributed by atoms with van der Waals surface area (Å²) in [7, 11) is 0. The predicted molar refractivity (Wildman–Crippen MR) is 125 cm³/mol. The molecule has 4 heterocycles. The van der Waals surface area contributed by atoms with Crippen LogP contribution in [0.15, 0.2) is 84.9 Å². The summed E-state index contributed by atoms with van der Waals surface area (Å²) in [6.07, 6.45) is 9.50. The number of rotatable bonds is 3. The van der Waals surface area contributed by atoms with E-state index in [4.69, 9.17) is 4.98 Å². The van der Waals surface area contributed by atoms with Crippen LogP contribution in [-0.4, -0.2) is 19.9 Å². The quantitative estimate of drug-likeness (QED) is 0.318. The minimum atomic E-state index is 0.919. The molecule has 4 aromatic heterocycles. The van der Waals surface area contributed by atoms with Crippen molar-refractivity contribution in [2.24, 2.45) is 0 Å². The molecule has 2 aromatic carbocycles. The van der Waals surface area contributed by atoms with Crippen LogP contribution in [0.3, 0.4) is 0 Å². The van der Waals surface area contributed by atoms with Crippen LogP contribution < -0.4 is 0 Å². The van der Waals surface area contributed by atoms with Crippen LogP contribution in [0, 0.1) is 0 Å². The highest BCUT2D eigenvalue weighted by Crippen LogP contribution is 2.38. The lowest BCUT2D eigenvalue weighted by atomic mass is 10.1. The van der Waals surface area contributed by atoms with Crippen LogP contribution in [0.4, 0.5) is 0 Å². The molecule has 0 atom stereocenters. The van der Waals surface area contributed by atoms with Crippen molar-refractivity contribution in [1.29, 1.82) is 0 Å². The van der Waals surface area contributed by atoms with E-state index in [0.717, 1.165) is 47.9 Å². The summed E-state index contributed by atoms with van der Waals surface area (Å²) in [6.45, 7) is 0. The topological polar surface area (TPSA) is 51.6 Å². The van der Waals surface area contributed by atoms with E-state index in [1.165, 1.54) is 5.39 Å². The summed E-state index contributed by atoms with van der Waals surface area (Å²) in [5, 5.41) is 8.51. The maximum Gasteiger partial charge on any atom is 0.152 e. The lowest BCUT2D eigenvalue weighted by Crippen LogP contribution is -1.84. The van der Waals surface area contributed by atoms with Crippen LogP contribution in [-0.2, 0) is 0 Å². The van der Waals surface area contributed by atoms with E-state index >= 15 is 0 Å². The lowest BCUT2D eigenvalue weighted by molar-refractivity contribution is 1.32. The second kappa shape index (κ2) is 7.09. The first-order valence-corrected chi connectivity index (χ1v) is 11.1. The average Bonchev–Trinajstić information content (AvgIpc) is 3.48. The van der Waals surface area contributed by atoms with Gasteiger partial charge >= 0.3 is 0 Å². The summed E-state index contributed by atoms with van der Waals surface area (Å²) in [5.74, 6) is 0. The first-order chi connectivity index (χ1) is 14.9. The predicted octanol–water partition coefficient (Wildman–Crippen LogP) is 6.70. The molecule has 4 nitrogen and oxygen atoms in total. The Balaban J connectivity index is 1.41. The number of fused-ring (bicyclic) bond motifs is 2. The Morgan fingerprint density at radius 3 is 2.07 bits per heavy atom. The highest BCUT2D eigenvalue weighted by Gasteiger charge is 2.14. The Morgan fingerprint density at radius 2 is 1.30 bits per heavy atom. The monoisotopic (exact) mass is 422 g/mol. The molecule has 6 heteroatoms. The molecule has 6 aromatic rings. The SMILES string of the molecule is c1ccc2c(-c3csc(-c4ncc(-c5cncc6ccccc56)s4)n3)cncc2c1. The first-order valence-electron chi connectivity index (χ1n) is 9.45. The molecule has 0 aliphatic carbocycles. The van der Waals surface area contributed by atoms with Crippen molar-refractivity contribution in [2.45, 2.75) is 0 Å². The zero-order valence-electron chi connectivity index (χ0n) is 15.7. The number of benzene rings is 2. The van der Waals surface area contributed by atoms with E-state index in [0.29, 0.717) is 0 Å². The molecule has 0 N–H and O–H groups in total. The molecule has 6 rings (SSSR count). The summed E-state index contributed by atoms with van der Waals surface area (Å²) in [5.41, 5.74) is 3.08. The van der Waals surface area contributed by atoms with Gasteiger partial charge in [-0.15, -0.1) is 22.7 Å². The van der Waals surface area contributed by atoms with Crippen molar-refractivity contribution in [2.75, 3.05) is 0 Å². The lowest BCUT2D eigenvalue weighted by Gasteiger charge is -2.02. The van der Waals surface area contributed by atoms with Gasteiger partial charge < -0.3 is 0 Å². The Labute approximate surface area is 180 Å². The van der Waals surface area contributed by atoms with E-state index in [1.807, 2.05) is 49.2 Å². The third-order valence-electron chi connectivity index (χ3n) is 5.07.